The first-order valence-electron chi connectivity index (χ1n) is 4.71. The quantitative estimate of drug-likeness (QED) is 0.818. The van der Waals surface area contributed by atoms with Crippen molar-refractivity contribution in [1.29, 1.82) is 0 Å². The number of carboxylic acids is 1. The van der Waals surface area contributed by atoms with Crippen LogP contribution in [0.3, 0.4) is 0 Å². The maximum absolute atomic E-state index is 10.4. The van der Waals surface area contributed by atoms with Gasteiger partial charge in [0.1, 0.15) is 17.1 Å². The molecule has 0 saturated carbocycles. The van der Waals surface area contributed by atoms with E-state index in [1.807, 2.05) is 0 Å². The Bertz CT molecular complexity index is 502. The average molecular weight is 222 g/mol. The van der Waals surface area contributed by atoms with Gasteiger partial charge in [0.25, 0.3) is 0 Å². The summed E-state index contributed by atoms with van der Waals surface area (Å²) in [4.78, 5) is 10.4. The Morgan fingerprint density at radius 3 is 3.00 bits per heavy atom. The second kappa shape index (κ2) is 4.13. The maximum Gasteiger partial charge on any atom is 0.305 e. The fraction of sp³-hybridized carbons (Fsp3) is 0.333. The molecule has 0 atom stereocenters. The first kappa shape index (κ1) is 10.3. The van der Waals surface area contributed by atoms with Crippen LogP contribution in [-0.4, -0.2) is 31.2 Å². The molecule has 0 saturated heterocycles. The molecule has 0 fully saturated rings. The second-order valence-electron chi connectivity index (χ2n) is 3.33. The van der Waals surface area contributed by atoms with Gasteiger partial charge in [0.15, 0.2) is 0 Å². The minimum absolute atomic E-state index is 0.0145. The van der Waals surface area contributed by atoms with Crippen molar-refractivity contribution in [2.45, 2.75) is 19.9 Å². The zero-order chi connectivity index (χ0) is 11.5. The molecule has 0 radical (unpaired) electrons. The van der Waals surface area contributed by atoms with Crippen LogP contribution in [-0.2, 0) is 11.3 Å². The summed E-state index contributed by atoms with van der Waals surface area (Å²) in [7, 11) is 0. The monoisotopic (exact) mass is 222 g/mol. The number of hydrogen-bond donors (Lipinski definition) is 1. The zero-order valence-electron chi connectivity index (χ0n) is 8.62. The zero-order valence-corrected chi connectivity index (χ0v) is 8.62. The van der Waals surface area contributed by atoms with Crippen LogP contribution in [0, 0.1) is 6.92 Å². The van der Waals surface area contributed by atoms with Gasteiger partial charge >= 0.3 is 5.97 Å². The number of rotatable bonds is 4. The molecule has 2 aromatic heterocycles. The predicted octanol–water partition coefficient (Wildman–Crippen LogP) is 0.716. The van der Waals surface area contributed by atoms with Crippen LogP contribution in [0.4, 0.5) is 0 Å². The molecule has 84 valence electrons. The highest BCUT2D eigenvalue weighted by atomic mass is 16.5. The molecule has 0 aliphatic carbocycles. The molecule has 0 unspecified atom stereocenters. The Balaban J connectivity index is 2.10. The topological polar surface area (TPSA) is 94.0 Å². The maximum atomic E-state index is 10.4. The van der Waals surface area contributed by atoms with E-state index in [0.717, 1.165) is 0 Å². The molecule has 0 bridgehead atoms. The number of carboxylic acid groups (broad SMARTS) is 1. The third-order valence-electron chi connectivity index (χ3n) is 1.98. The van der Waals surface area contributed by atoms with E-state index < -0.39 is 5.97 Å². The summed E-state index contributed by atoms with van der Waals surface area (Å²) >= 11 is 0. The lowest BCUT2D eigenvalue weighted by Gasteiger charge is -1.93. The van der Waals surface area contributed by atoms with Gasteiger partial charge in [0.2, 0.25) is 0 Å². The molecule has 2 rings (SSSR count). The van der Waals surface area contributed by atoms with Gasteiger partial charge in [-0.1, -0.05) is 10.4 Å². The van der Waals surface area contributed by atoms with Gasteiger partial charge in [0, 0.05) is 6.07 Å². The molecule has 0 amide bonds. The van der Waals surface area contributed by atoms with E-state index in [4.69, 9.17) is 9.63 Å². The molecule has 2 aromatic rings. The lowest BCUT2D eigenvalue weighted by Crippen LogP contribution is -2.04. The van der Waals surface area contributed by atoms with Gasteiger partial charge in [-0.25, -0.2) is 0 Å². The van der Waals surface area contributed by atoms with Crippen LogP contribution in [0.15, 0.2) is 16.8 Å². The van der Waals surface area contributed by atoms with Gasteiger partial charge < -0.3 is 9.63 Å². The van der Waals surface area contributed by atoms with E-state index in [-0.39, 0.29) is 6.42 Å². The van der Waals surface area contributed by atoms with Crippen LogP contribution >= 0.6 is 0 Å². The molecule has 0 spiro atoms. The highest BCUT2D eigenvalue weighted by Gasteiger charge is 2.08. The number of aliphatic carboxylic acids is 1. The van der Waals surface area contributed by atoms with E-state index in [0.29, 0.717) is 23.7 Å². The van der Waals surface area contributed by atoms with Crippen molar-refractivity contribution in [3.63, 3.8) is 0 Å². The molecule has 0 aliphatic rings. The SMILES string of the molecule is Cc1cc(-c2cn(CCC(=O)O)nn2)no1. The molecular formula is C9H10N4O3. The second-order valence-corrected chi connectivity index (χ2v) is 3.33. The van der Waals surface area contributed by atoms with Crippen molar-refractivity contribution >= 4 is 5.97 Å². The first-order chi connectivity index (χ1) is 7.65. The van der Waals surface area contributed by atoms with Crippen molar-refractivity contribution in [3.05, 3.63) is 18.0 Å². The average Bonchev–Trinajstić information content (AvgIpc) is 2.83. The fourth-order valence-corrected chi connectivity index (χ4v) is 1.22. The number of nitrogens with zero attached hydrogens (tertiary/aromatic N) is 4. The molecule has 1 N–H and O–H groups in total. The van der Waals surface area contributed by atoms with Gasteiger partial charge in [-0.05, 0) is 6.92 Å². The smallest absolute Gasteiger partial charge is 0.305 e. The van der Waals surface area contributed by atoms with E-state index in [9.17, 15) is 4.79 Å². The van der Waals surface area contributed by atoms with Crippen molar-refractivity contribution in [1.82, 2.24) is 20.2 Å². The minimum atomic E-state index is -0.866. The largest absolute Gasteiger partial charge is 0.481 e. The van der Waals surface area contributed by atoms with Gasteiger partial charge in [-0.2, -0.15) is 0 Å². The summed E-state index contributed by atoms with van der Waals surface area (Å²) in [6.07, 6.45) is 1.65. The highest BCUT2D eigenvalue weighted by Crippen LogP contribution is 2.15. The molecule has 0 aromatic carbocycles. The molecular weight excluding hydrogens is 212 g/mol. The number of aryl methyl sites for hydroxylation is 2. The summed E-state index contributed by atoms with van der Waals surface area (Å²) in [5.74, 6) is -0.176. The van der Waals surface area contributed by atoms with E-state index in [2.05, 4.69) is 15.5 Å². The fourth-order valence-electron chi connectivity index (χ4n) is 1.22. The summed E-state index contributed by atoms with van der Waals surface area (Å²) in [6, 6.07) is 1.74. The summed E-state index contributed by atoms with van der Waals surface area (Å²) in [5.41, 5.74) is 1.17. The standard InChI is InChI=1S/C9H10N4O3/c1-6-4-7(11-16-6)8-5-13(12-10-8)3-2-9(14)15/h4-5H,2-3H2,1H3,(H,14,15). The number of aromatic nitrogens is 4. The lowest BCUT2D eigenvalue weighted by molar-refractivity contribution is -0.137. The Morgan fingerprint density at radius 2 is 2.38 bits per heavy atom. The van der Waals surface area contributed by atoms with Gasteiger partial charge in [-0.15, -0.1) is 5.10 Å². The third kappa shape index (κ3) is 2.25. The predicted molar refractivity (Wildman–Crippen MR) is 52.5 cm³/mol. The lowest BCUT2D eigenvalue weighted by atomic mass is 10.3. The molecule has 0 aliphatic heterocycles. The molecule has 16 heavy (non-hydrogen) atoms. The summed E-state index contributed by atoms with van der Waals surface area (Å²) in [6.45, 7) is 2.07. The number of hydrogen-bond acceptors (Lipinski definition) is 5. The van der Waals surface area contributed by atoms with E-state index in [1.165, 1.54) is 4.68 Å². The third-order valence-corrected chi connectivity index (χ3v) is 1.98. The van der Waals surface area contributed by atoms with Crippen molar-refractivity contribution in [2.24, 2.45) is 0 Å². The van der Waals surface area contributed by atoms with Crippen LogP contribution < -0.4 is 0 Å². The molecule has 7 heteroatoms. The van der Waals surface area contributed by atoms with Crippen LogP contribution in [0.5, 0.6) is 0 Å². The Kier molecular flexibility index (Phi) is 2.67. The van der Waals surface area contributed by atoms with Crippen molar-refractivity contribution < 1.29 is 14.4 Å². The highest BCUT2D eigenvalue weighted by molar-refractivity contribution is 5.66. The molecule has 2 heterocycles. The van der Waals surface area contributed by atoms with Gasteiger partial charge in [0.05, 0.1) is 19.2 Å². The first-order valence-corrected chi connectivity index (χ1v) is 4.71. The van der Waals surface area contributed by atoms with Crippen molar-refractivity contribution in [3.8, 4) is 11.4 Å². The Labute approximate surface area is 90.7 Å². The summed E-state index contributed by atoms with van der Waals surface area (Å²) in [5, 5.41) is 20.0. The van der Waals surface area contributed by atoms with Crippen LogP contribution in [0.1, 0.15) is 12.2 Å². The van der Waals surface area contributed by atoms with Crippen molar-refractivity contribution in [2.75, 3.05) is 0 Å². The van der Waals surface area contributed by atoms with Crippen LogP contribution in [0.2, 0.25) is 0 Å². The van der Waals surface area contributed by atoms with Gasteiger partial charge in [-0.3, -0.25) is 9.48 Å². The normalized spacial score (nSPS) is 10.6. The minimum Gasteiger partial charge on any atom is -0.481 e. The molecule has 7 nitrogen and oxygen atoms in total. The summed E-state index contributed by atoms with van der Waals surface area (Å²) < 4.78 is 6.37. The van der Waals surface area contributed by atoms with Crippen LogP contribution in [0.25, 0.3) is 11.4 Å². The number of carbonyl (C=O) groups is 1. The van der Waals surface area contributed by atoms with E-state index in [1.54, 1.807) is 19.2 Å². The van der Waals surface area contributed by atoms with E-state index >= 15 is 0 Å². The Hall–Kier alpha value is -2.18. The Morgan fingerprint density at radius 1 is 1.56 bits per heavy atom.